The van der Waals surface area contributed by atoms with E-state index in [1.54, 1.807) is 50.6 Å². The van der Waals surface area contributed by atoms with Crippen molar-refractivity contribution < 1.29 is 19.1 Å². The van der Waals surface area contributed by atoms with Crippen molar-refractivity contribution in [2.75, 3.05) is 19.5 Å². The number of methoxy groups -OCH3 is 2. The van der Waals surface area contributed by atoms with Gasteiger partial charge in [0.2, 0.25) is 0 Å². The van der Waals surface area contributed by atoms with Crippen LogP contribution in [0.4, 0.5) is 15.3 Å². The normalized spacial score (nSPS) is 11.2. The van der Waals surface area contributed by atoms with Gasteiger partial charge in [-0.1, -0.05) is 12.1 Å². The summed E-state index contributed by atoms with van der Waals surface area (Å²) in [6, 6.07) is 11.3. The van der Waals surface area contributed by atoms with Crippen LogP contribution in [0.2, 0.25) is 0 Å². The summed E-state index contributed by atoms with van der Waals surface area (Å²) in [7, 11) is 3.16. The molecule has 0 fully saturated rings. The predicted molar refractivity (Wildman–Crippen MR) is 103 cm³/mol. The number of amides is 4. The van der Waals surface area contributed by atoms with Crippen molar-refractivity contribution in [2.45, 2.75) is 19.5 Å². The summed E-state index contributed by atoms with van der Waals surface area (Å²) in [5, 5.41) is 8.14. The van der Waals surface area contributed by atoms with Gasteiger partial charge in [-0.15, -0.1) is 0 Å². The van der Waals surface area contributed by atoms with E-state index < -0.39 is 6.03 Å². The third-order valence-electron chi connectivity index (χ3n) is 3.93. The van der Waals surface area contributed by atoms with Gasteiger partial charge in [0, 0.05) is 17.8 Å². The molecule has 2 rings (SSSR count). The van der Waals surface area contributed by atoms with Gasteiger partial charge < -0.3 is 31.2 Å². The second-order valence-corrected chi connectivity index (χ2v) is 5.84. The van der Waals surface area contributed by atoms with Gasteiger partial charge in [-0.3, -0.25) is 0 Å². The van der Waals surface area contributed by atoms with Crippen LogP contribution in [0.1, 0.15) is 24.1 Å². The zero-order valence-corrected chi connectivity index (χ0v) is 15.5. The maximum absolute atomic E-state index is 12.3. The number of carbonyl (C=O) groups excluding carboxylic acids is 2. The van der Waals surface area contributed by atoms with E-state index in [0.717, 1.165) is 11.1 Å². The van der Waals surface area contributed by atoms with E-state index in [-0.39, 0.29) is 12.1 Å². The Kier molecular flexibility index (Phi) is 6.87. The lowest BCUT2D eigenvalue weighted by atomic mass is 10.1. The van der Waals surface area contributed by atoms with E-state index in [1.165, 1.54) is 0 Å². The number of anilines is 1. The average Bonchev–Trinajstić information content (AvgIpc) is 2.66. The van der Waals surface area contributed by atoms with Gasteiger partial charge in [-0.2, -0.15) is 0 Å². The van der Waals surface area contributed by atoms with E-state index >= 15 is 0 Å². The quantitative estimate of drug-likeness (QED) is 0.598. The fourth-order valence-corrected chi connectivity index (χ4v) is 2.51. The molecule has 4 amide bonds. The molecule has 27 heavy (non-hydrogen) atoms. The minimum atomic E-state index is -0.585. The van der Waals surface area contributed by atoms with E-state index in [4.69, 9.17) is 15.2 Å². The first-order chi connectivity index (χ1) is 12.9. The Labute approximate surface area is 158 Å². The van der Waals surface area contributed by atoms with Crippen LogP contribution in [0.25, 0.3) is 0 Å². The number of nitrogens with one attached hydrogen (secondary N) is 3. The number of hydrogen-bond donors (Lipinski definition) is 4. The first-order valence-electron chi connectivity index (χ1n) is 8.34. The third kappa shape index (κ3) is 5.81. The Morgan fingerprint density at radius 3 is 2.37 bits per heavy atom. The molecule has 0 saturated heterocycles. The number of ether oxygens (including phenoxy) is 2. The van der Waals surface area contributed by atoms with Gasteiger partial charge in [0.25, 0.3) is 0 Å². The third-order valence-corrected chi connectivity index (χ3v) is 3.93. The molecular weight excluding hydrogens is 348 g/mol. The van der Waals surface area contributed by atoms with Crippen LogP contribution in [0.15, 0.2) is 42.5 Å². The highest BCUT2D eigenvalue weighted by Crippen LogP contribution is 2.29. The zero-order chi connectivity index (χ0) is 19.8. The van der Waals surface area contributed by atoms with Crippen LogP contribution in [-0.2, 0) is 6.54 Å². The second-order valence-electron chi connectivity index (χ2n) is 5.84. The Hall–Kier alpha value is -3.42. The summed E-state index contributed by atoms with van der Waals surface area (Å²) in [5.41, 5.74) is 7.34. The number of nitrogens with two attached hydrogens (primary N) is 1. The van der Waals surface area contributed by atoms with Crippen molar-refractivity contribution in [3.8, 4) is 11.5 Å². The summed E-state index contributed by atoms with van der Waals surface area (Å²) >= 11 is 0. The van der Waals surface area contributed by atoms with Crippen molar-refractivity contribution in [3.63, 3.8) is 0 Å². The molecule has 8 nitrogen and oxygen atoms in total. The molecule has 144 valence electrons. The molecule has 2 aromatic carbocycles. The van der Waals surface area contributed by atoms with Crippen molar-refractivity contribution in [1.82, 2.24) is 10.6 Å². The molecule has 0 radical (unpaired) electrons. The number of rotatable bonds is 7. The van der Waals surface area contributed by atoms with E-state index in [2.05, 4.69) is 16.0 Å². The molecular formula is C19H24N4O4. The van der Waals surface area contributed by atoms with E-state index in [1.807, 2.05) is 13.0 Å². The van der Waals surface area contributed by atoms with Crippen molar-refractivity contribution in [2.24, 2.45) is 5.73 Å². The standard InChI is InChI=1S/C19H24N4O4/c1-12(16-10-15(26-2)8-9-17(16)27-3)22-19(25)23-14-6-4-13(5-7-14)11-21-18(20)24/h4-10,12H,11H2,1-3H3,(H3,20,21,24)(H2,22,23,25)/t12-/m0/s1. The molecule has 0 heterocycles. The zero-order valence-electron chi connectivity index (χ0n) is 15.5. The molecule has 0 aromatic heterocycles. The Bertz CT molecular complexity index is 793. The smallest absolute Gasteiger partial charge is 0.319 e. The fourth-order valence-electron chi connectivity index (χ4n) is 2.51. The van der Waals surface area contributed by atoms with Crippen molar-refractivity contribution in [3.05, 3.63) is 53.6 Å². The van der Waals surface area contributed by atoms with Crippen LogP contribution in [0.3, 0.4) is 0 Å². The molecule has 0 spiro atoms. The van der Waals surface area contributed by atoms with Crippen molar-refractivity contribution >= 4 is 17.7 Å². The van der Waals surface area contributed by atoms with Gasteiger partial charge in [0.1, 0.15) is 11.5 Å². The Balaban J connectivity index is 1.98. The van der Waals surface area contributed by atoms with Crippen LogP contribution in [-0.4, -0.2) is 26.3 Å². The summed E-state index contributed by atoms with van der Waals surface area (Å²) in [4.78, 5) is 23.0. The SMILES string of the molecule is COc1ccc(OC)c([C@H](C)NC(=O)Nc2ccc(CNC(N)=O)cc2)c1. The predicted octanol–water partition coefficient (Wildman–Crippen LogP) is 2.75. The topological polar surface area (TPSA) is 115 Å². The van der Waals surface area contributed by atoms with Crippen LogP contribution in [0, 0.1) is 0 Å². The van der Waals surface area contributed by atoms with Crippen LogP contribution in [0.5, 0.6) is 11.5 Å². The number of urea groups is 2. The van der Waals surface area contributed by atoms with Crippen molar-refractivity contribution in [1.29, 1.82) is 0 Å². The summed E-state index contributed by atoms with van der Waals surface area (Å²) < 4.78 is 10.6. The lowest BCUT2D eigenvalue weighted by Crippen LogP contribution is -2.31. The molecule has 0 bridgehead atoms. The lowest BCUT2D eigenvalue weighted by molar-refractivity contribution is 0.248. The molecule has 0 aliphatic carbocycles. The monoisotopic (exact) mass is 372 g/mol. The Morgan fingerprint density at radius 2 is 1.78 bits per heavy atom. The minimum absolute atomic E-state index is 0.297. The molecule has 8 heteroatoms. The van der Waals surface area contributed by atoms with Crippen LogP contribution >= 0.6 is 0 Å². The minimum Gasteiger partial charge on any atom is -0.497 e. The van der Waals surface area contributed by atoms with Gasteiger partial charge in [-0.05, 0) is 42.8 Å². The maximum Gasteiger partial charge on any atom is 0.319 e. The lowest BCUT2D eigenvalue weighted by Gasteiger charge is -2.18. The first-order valence-corrected chi connectivity index (χ1v) is 8.34. The molecule has 2 aromatic rings. The number of benzene rings is 2. The number of carbonyl (C=O) groups is 2. The molecule has 0 unspecified atom stereocenters. The second kappa shape index (κ2) is 9.33. The van der Waals surface area contributed by atoms with E-state index in [0.29, 0.717) is 23.7 Å². The number of primary amides is 1. The summed E-state index contributed by atoms with van der Waals surface area (Å²) in [6.45, 7) is 2.18. The van der Waals surface area contributed by atoms with Gasteiger partial charge in [-0.25, -0.2) is 9.59 Å². The molecule has 5 N–H and O–H groups in total. The molecule has 1 atom stereocenters. The highest BCUT2D eigenvalue weighted by atomic mass is 16.5. The average molecular weight is 372 g/mol. The maximum atomic E-state index is 12.3. The fraction of sp³-hybridized carbons (Fsp3) is 0.263. The Morgan fingerprint density at radius 1 is 1.07 bits per heavy atom. The number of hydrogen-bond acceptors (Lipinski definition) is 4. The van der Waals surface area contributed by atoms with E-state index in [9.17, 15) is 9.59 Å². The van der Waals surface area contributed by atoms with Crippen LogP contribution < -0.4 is 31.2 Å². The highest BCUT2D eigenvalue weighted by Gasteiger charge is 2.15. The summed E-state index contributed by atoms with van der Waals surface area (Å²) in [6.07, 6.45) is 0. The molecule has 0 saturated carbocycles. The summed E-state index contributed by atoms with van der Waals surface area (Å²) in [5.74, 6) is 1.34. The van der Waals surface area contributed by atoms with Gasteiger partial charge in [0.05, 0.1) is 20.3 Å². The molecule has 0 aliphatic rings. The van der Waals surface area contributed by atoms with Gasteiger partial charge >= 0.3 is 12.1 Å². The largest absolute Gasteiger partial charge is 0.497 e. The first kappa shape index (κ1) is 19.9. The highest BCUT2D eigenvalue weighted by molar-refractivity contribution is 5.89. The molecule has 0 aliphatic heterocycles. The van der Waals surface area contributed by atoms with Gasteiger partial charge in [0.15, 0.2) is 0 Å².